The van der Waals surface area contributed by atoms with Crippen LogP contribution < -0.4 is 0 Å². The van der Waals surface area contributed by atoms with Crippen LogP contribution in [0.4, 0.5) is 0 Å². The zero-order chi connectivity index (χ0) is 13.2. The highest BCUT2D eigenvalue weighted by Crippen LogP contribution is 2.20. The fourth-order valence-electron chi connectivity index (χ4n) is 1.80. The molecule has 2 rings (SSSR count). The number of aryl methyl sites for hydroxylation is 1. The topological polar surface area (TPSA) is 59.4 Å². The van der Waals surface area contributed by atoms with Gasteiger partial charge in [-0.3, -0.25) is 9.78 Å². The van der Waals surface area contributed by atoms with E-state index in [0.29, 0.717) is 5.92 Å². The van der Waals surface area contributed by atoms with E-state index in [0.717, 1.165) is 24.5 Å². The van der Waals surface area contributed by atoms with Crippen LogP contribution in [0.5, 0.6) is 0 Å². The van der Waals surface area contributed by atoms with Gasteiger partial charge in [0.25, 0.3) is 0 Å². The van der Waals surface area contributed by atoms with Gasteiger partial charge in [0, 0.05) is 24.1 Å². The van der Waals surface area contributed by atoms with Gasteiger partial charge in [0.2, 0.25) is 0 Å². The molecular weight excluding hydrogens is 226 g/mol. The van der Waals surface area contributed by atoms with E-state index in [-0.39, 0.29) is 5.41 Å². The summed E-state index contributed by atoms with van der Waals surface area (Å²) in [5.74, 6) is 1.31. The molecule has 2 heterocycles. The van der Waals surface area contributed by atoms with Gasteiger partial charge < -0.3 is 0 Å². The number of aromatic nitrogens is 5. The van der Waals surface area contributed by atoms with Gasteiger partial charge in [-0.05, 0) is 12.5 Å². The minimum absolute atomic E-state index is 0.113. The van der Waals surface area contributed by atoms with E-state index in [1.165, 1.54) is 0 Å². The van der Waals surface area contributed by atoms with Gasteiger partial charge >= 0.3 is 0 Å². The molecule has 5 nitrogen and oxygen atoms in total. The van der Waals surface area contributed by atoms with Gasteiger partial charge in [-0.25, -0.2) is 4.98 Å². The second-order valence-electron chi connectivity index (χ2n) is 5.77. The molecule has 0 aliphatic heterocycles. The van der Waals surface area contributed by atoms with Crippen LogP contribution in [0, 0.1) is 0 Å². The summed E-state index contributed by atoms with van der Waals surface area (Å²) in [7, 11) is 0. The Balaban J connectivity index is 1.93. The summed E-state index contributed by atoms with van der Waals surface area (Å²) in [4.78, 5) is 4.18. The highest BCUT2D eigenvalue weighted by atomic mass is 15.3. The largest absolute Gasteiger partial charge is 0.272 e. The average molecular weight is 247 g/mol. The van der Waals surface area contributed by atoms with E-state index in [4.69, 9.17) is 0 Å². The molecule has 0 amide bonds. The van der Waals surface area contributed by atoms with E-state index < -0.39 is 0 Å². The molecule has 1 N–H and O–H groups in total. The molecular formula is C13H21N5. The number of aromatic amines is 1. The van der Waals surface area contributed by atoms with Crippen molar-refractivity contribution in [3.8, 4) is 0 Å². The highest BCUT2D eigenvalue weighted by molar-refractivity contribution is 5.10. The molecule has 0 aliphatic carbocycles. The van der Waals surface area contributed by atoms with E-state index in [2.05, 4.69) is 54.0 Å². The standard InChI is InChI=1S/C13H21N5/c1-10(12-14-9-15-16-12)5-7-18-8-6-11(17-18)13(2,3)4/h6,8-10H,5,7H2,1-4H3,(H,14,15,16). The molecule has 0 spiro atoms. The van der Waals surface area contributed by atoms with Gasteiger partial charge in [-0.1, -0.05) is 27.7 Å². The third kappa shape index (κ3) is 2.97. The van der Waals surface area contributed by atoms with Crippen molar-refractivity contribution in [3.05, 3.63) is 30.1 Å². The Bertz CT molecular complexity index is 478. The van der Waals surface area contributed by atoms with Gasteiger partial charge in [-0.2, -0.15) is 10.2 Å². The minimum atomic E-state index is 0.113. The van der Waals surface area contributed by atoms with Crippen LogP contribution in [0.1, 0.15) is 51.6 Å². The Kier molecular flexibility index (Phi) is 3.50. The van der Waals surface area contributed by atoms with Crippen molar-refractivity contribution >= 4 is 0 Å². The highest BCUT2D eigenvalue weighted by Gasteiger charge is 2.17. The Morgan fingerprint density at radius 3 is 2.72 bits per heavy atom. The van der Waals surface area contributed by atoms with Crippen molar-refractivity contribution in [3.63, 3.8) is 0 Å². The lowest BCUT2D eigenvalue weighted by atomic mass is 9.93. The van der Waals surface area contributed by atoms with E-state index in [1.54, 1.807) is 6.33 Å². The number of rotatable bonds is 4. The van der Waals surface area contributed by atoms with Crippen LogP contribution >= 0.6 is 0 Å². The molecule has 1 unspecified atom stereocenters. The summed E-state index contributed by atoms with van der Waals surface area (Å²) in [6, 6.07) is 2.10. The lowest BCUT2D eigenvalue weighted by molar-refractivity contribution is 0.495. The number of nitrogens with one attached hydrogen (secondary N) is 1. The summed E-state index contributed by atoms with van der Waals surface area (Å²) in [5, 5.41) is 11.4. The molecule has 0 saturated heterocycles. The lowest BCUT2D eigenvalue weighted by Crippen LogP contribution is -2.13. The molecule has 2 aromatic heterocycles. The third-order valence-corrected chi connectivity index (χ3v) is 3.10. The van der Waals surface area contributed by atoms with Crippen LogP contribution in [0.15, 0.2) is 18.6 Å². The molecule has 5 heteroatoms. The monoisotopic (exact) mass is 247 g/mol. The van der Waals surface area contributed by atoms with Crippen molar-refractivity contribution in [2.75, 3.05) is 0 Å². The lowest BCUT2D eigenvalue weighted by Gasteiger charge is -2.14. The van der Waals surface area contributed by atoms with Crippen molar-refractivity contribution in [2.24, 2.45) is 0 Å². The Morgan fingerprint density at radius 2 is 2.17 bits per heavy atom. The van der Waals surface area contributed by atoms with Gasteiger partial charge in [0.05, 0.1) is 5.69 Å². The number of hydrogen-bond acceptors (Lipinski definition) is 3. The summed E-state index contributed by atoms with van der Waals surface area (Å²) in [5.41, 5.74) is 1.25. The first-order valence-corrected chi connectivity index (χ1v) is 6.36. The molecule has 2 aromatic rings. The molecule has 0 aliphatic rings. The van der Waals surface area contributed by atoms with E-state index in [9.17, 15) is 0 Å². The van der Waals surface area contributed by atoms with Gasteiger partial charge in [-0.15, -0.1) is 0 Å². The van der Waals surface area contributed by atoms with Crippen LogP contribution in [0.25, 0.3) is 0 Å². The molecule has 0 fully saturated rings. The first kappa shape index (κ1) is 12.8. The summed E-state index contributed by atoms with van der Waals surface area (Å²) in [6.07, 6.45) is 4.60. The maximum atomic E-state index is 4.61. The molecule has 18 heavy (non-hydrogen) atoms. The number of nitrogens with zero attached hydrogens (tertiary/aromatic N) is 4. The van der Waals surface area contributed by atoms with Crippen LogP contribution in [-0.2, 0) is 12.0 Å². The zero-order valence-corrected chi connectivity index (χ0v) is 11.5. The number of hydrogen-bond donors (Lipinski definition) is 1. The molecule has 98 valence electrons. The average Bonchev–Trinajstić information content (AvgIpc) is 2.96. The molecule has 0 saturated carbocycles. The number of H-pyrrole nitrogens is 1. The van der Waals surface area contributed by atoms with Crippen molar-refractivity contribution in [2.45, 2.75) is 52.0 Å². The SMILES string of the molecule is CC(CCn1ccc(C(C)(C)C)n1)c1ncn[nH]1. The smallest absolute Gasteiger partial charge is 0.137 e. The van der Waals surface area contributed by atoms with E-state index >= 15 is 0 Å². The van der Waals surface area contributed by atoms with Crippen molar-refractivity contribution < 1.29 is 0 Å². The first-order chi connectivity index (χ1) is 8.47. The second kappa shape index (κ2) is 4.92. The van der Waals surface area contributed by atoms with Crippen LogP contribution in [-0.4, -0.2) is 25.0 Å². The molecule has 1 atom stereocenters. The molecule has 0 radical (unpaired) electrons. The van der Waals surface area contributed by atoms with E-state index in [1.807, 2.05) is 10.9 Å². The second-order valence-corrected chi connectivity index (χ2v) is 5.77. The first-order valence-electron chi connectivity index (χ1n) is 6.36. The molecule has 0 bridgehead atoms. The van der Waals surface area contributed by atoms with Gasteiger partial charge in [0.1, 0.15) is 12.2 Å². The summed E-state index contributed by atoms with van der Waals surface area (Å²) in [6.45, 7) is 9.58. The Morgan fingerprint density at radius 1 is 1.39 bits per heavy atom. The van der Waals surface area contributed by atoms with Crippen molar-refractivity contribution in [1.29, 1.82) is 0 Å². The Hall–Kier alpha value is -1.65. The molecule has 0 aromatic carbocycles. The fourth-order valence-corrected chi connectivity index (χ4v) is 1.80. The predicted molar refractivity (Wildman–Crippen MR) is 70.3 cm³/mol. The van der Waals surface area contributed by atoms with Gasteiger partial charge in [0.15, 0.2) is 0 Å². The summed E-state index contributed by atoms with van der Waals surface area (Å²) < 4.78 is 2.01. The third-order valence-electron chi connectivity index (χ3n) is 3.10. The zero-order valence-electron chi connectivity index (χ0n) is 11.5. The summed E-state index contributed by atoms with van der Waals surface area (Å²) >= 11 is 0. The predicted octanol–water partition coefficient (Wildman–Crippen LogP) is 2.49. The normalized spacial score (nSPS) is 13.8. The van der Waals surface area contributed by atoms with Crippen LogP contribution in [0.3, 0.4) is 0 Å². The minimum Gasteiger partial charge on any atom is -0.272 e. The van der Waals surface area contributed by atoms with Crippen molar-refractivity contribution in [1.82, 2.24) is 25.0 Å². The Labute approximate surface area is 108 Å². The fraction of sp³-hybridized carbons (Fsp3) is 0.615. The quantitative estimate of drug-likeness (QED) is 0.903. The van der Waals surface area contributed by atoms with Crippen LogP contribution in [0.2, 0.25) is 0 Å². The maximum absolute atomic E-state index is 4.61. The maximum Gasteiger partial charge on any atom is 0.137 e.